The number of hydrogen-bond acceptors (Lipinski definition) is 5. The van der Waals surface area contributed by atoms with E-state index in [1.54, 1.807) is 0 Å². The van der Waals surface area contributed by atoms with Crippen LogP contribution in [0, 0.1) is 0 Å². The average molecular weight is 364 g/mol. The Balaban J connectivity index is 3.18. The van der Waals surface area contributed by atoms with Crippen LogP contribution < -0.4 is 5.73 Å². The number of nitrogens with two attached hydrogens (primary N) is 1. The summed E-state index contributed by atoms with van der Waals surface area (Å²) in [7, 11) is 0. The van der Waals surface area contributed by atoms with Gasteiger partial charge in [0.05, 0.1) is 6.61 Å². The van der Waals surface area contributed by atoms with Crippen LogP contribution >= 0.6 is 11.8 Å². The van der Waals surface area contributed by atoms with Crippen LogP contribution in [0.2, 0.25) is 0 Å². The Morgan fingerprint density at radius 2 is 1.17 bits per heavy atom. The minimum atomic E-state index is -1.89. The van der Waals surface area contributed by atoms with Crippen molar-refractivity contribution in [1.29, 1.82) is 0 Å². The highest BCUT2D eigenvalue weighted by Gasteiger charge is 2.30. The van der Waals surface area contributed by atoms with Crippen molar-refractivity contribution in [2.45, 2.75) is 108 Å². The zero-order valence-electron chi connectivity index (χ0n) is 15.7. The van der Waals surface area contributed by atoms with E-state index in [-0.39, 0.29) is 0 Å². The third-order valence-corrected chi connectivity index (χ3v) is 5.70. The van der Waals surface area contributed by atoms with Gasteiger partial charge in [-0.15, -0.1) is 11.8 Å². The number of unbranched alkanes of at least 4 members (excludes halogenated alkanes) is 13. The molecular weight excluding hydrogens is 322 g/mol. The fraction of sp³-hybridized carbons (Fsp3) is 1.00. The van der Waals surface area contributed by atoms with E-state index < -0.39 is 17.8 Å². The fourth-order valence-electron chi connectivity index (χ4n) is 2.71. The van der Waals surface area contributed by atoms with Gasteiger partial charge in [0.2, 0.25) is 0 Å². The van der Waals surface area contributed by atoms with Crippen molar-refractivity contribution in [2.24, 2.45) is 5.73 Å². The molecule has 0 bridgehead atoms. The van der Waals surface area contributed by atoms with E-state index in [1.165, 1.54) is 88.8 Å². The molecule has 0 radical (unpaired) electrons. The molecule has 0 amide bonds. The van der Waals surface area contributed by atoms with Crippen LogP contribution in [0.25, 0.3) is 0 Å². The summed E-state index contributed by atoms with van der Waals surface area (Å²) in [5, 5.41) is 27.9. The largest absolute Gasteiger partial charge is 0.392 e. The van der Waals surface area contributed by atoms with Gasteiger partial charge in [-0.3, -0.25) is 5.73 Å². The van der Waals surface area contributed by atoms with Gasteiger partial charge in [0.25, 0.3) is 0 Å². The molecule has 24 heavy (non-hydrogen) atoms. The first-order chi connectivity index (χ1) is 11.5. The first kappa shape index (κ1) is 24.2. The Kier molecular flexibility index (Phi) is 16.8. The van der Waals surface area contributed by atoms with E-state index in [1.807, 2.05) is 0 Å². The Hall–Kier alpha value is 0.190. The first-order valence-corrected chi connectivity index (χ1v) is 11.0. The number of aliphatic hydroxyl groups is 3. The third-order valence-electron chi connectivity index (χ3n) is 4.45. The molecule has 2 atom stereocenters. The van der Waals surface area contributed by atoms with Gasteiger partial charge >= 0.3 is 0 Å². The Bertz CT molecular complexity index is 265. The molecule has 5 heteroatoms. The topological polar surface area (TPSA) is 86.7 Å². The minimum Gasteiger partial charge on any atom is -0.392 e. The molecular formula is C19H41NO3S. The van der Waals surface area contributed by atoms with Crippen molar-refractivity contribution < 1.29 is 15.3 Å². The van der Waals surface area contributed by atoms with Crippen molar-refractivity contribution in [3.05, 3.63) is 0 Å². The molecule has 0 heterocycles. The van der Waals surface area contributed by atoms with E-state index in [0.29, 0.717) is 0 Å². The number of hydrogen-bond donors (Lipinski definition) is 4. The molecule has 0 rings (SSSR count). The van der Waals surface area contributed by atoms with Gasteiger partial charge in [0.15, 0.2) is 5.72 Å². The molecule has 0 aromatic heterocycles. The maximum absolute atomic E-state index is 9.61. The smallest absolute Gasteiger partial charge is 0.172 e. The molecule has 0 aromatic rings. The van der Waals surface area contributed by atoms with Gasteiger partial charge in [0.1, 0.15) is 5.44 Å². The number of rotatable bonds is 18. The van der Waals surface area contributed by atoms with E-state index in [0.717, 1.165) is 18.6 Å². The van der Waals surface area contributed by atoms with E-state index in [4.69, 9.17) is 10.8 Å². The molecule has 0 fully saturated rings. The predicted octanol–water partition coefficient (Wildman–Crippen LogP) is 4.16. The van der Waals surface area contributed by atoms with Crippen LogP contribution in [0.3, 0.4) is 0 Å². The maximum atomic E-state index is 9.61. The van der Waals surface area contributed by atoms with Gasteiger partial charge in [-0.1, -0.05) is 90.4 Å². The van der Waals surface area contributed by atoms with Gasteiger partial charge in [-0.2, -0.15) is 0 Å². The highest BCUT2D eigenvalue weighted by Crippen LogP contribution is 2.19. The molecule has 5 N–H and O–H groups in total. The lowest BCUT2D eigenvalue weighted by molar-refractivity contribution is -0.0647. The van der Waals surface area contributed by atoms with E-state index in [9.17, 15) is 10.2 Å². The molecule has 4 nitrogen and oxygen atoms in total. The maximum Gasteiger partial charge on any atom is 0.172 e. The van der Waals surface area contributed by atoms with Crippen LogP contribution in [0.15, 0.2) is 0 Å². The van der Waals surface area contributed by atoms with Gasteiger partial charge in [0, 0.05) is 0 Å². The van der Waals surface area contributed by atoms with Crippen molar-refractivity contribution >= 4 is 11.8 Å². The second-order valence-electron chi connectivity index (χ2n) is 6.97. The molecule has 0 aliphatic rings. The lowest BCUT2D eigenvalue weighted by Crippen LogP contribution is -2.52. The Labute approximate surface area is 153 Å². The van der Waals surface area contributed by atoms with Crippen LogP contribution in [0.5, 0.6) is 0 Å². The molecule has 0 saturated carbocycles. The summed E-state index contributed by atoms with van der Waals surface area (Å²) in [4.78, 5) is 0. The number of thioether (sulfide) groups is 1. The second-order valence-corrected chi connectivity index (χ2v) is 8.16. The van der Waals surface area contributed by atoms with Crippen molar-refractivity contribution in [3.8, 4) is 0 Å². The zero-order valence-corrected chi connectivity index (χ0v) is 16.5. The highest BCUT2D eigenvalue weighted by molar-refractivity contribution is 7.99. The third kappa shape index (κ3) is 14.5. The second kappa shape index (κ2) is 16.6. The van der Waals surface area contributed by atoms with E-state index in [2.05, 4.69) is 6.92 Å². The monoisotopic (exact) mass is 363 g/mol. The summed E-state index contributed by atoms with van der Waals surface area (Å²) in [6.45, 7) is 1.64. The molecule has 0 aliphatic carbocycles. The van der Waals surface area contributed by atoms with Gasteiger partial charge in [-0.25, -0.2) is 0 Å². The fourth-order valence-corrected chi connectivity index (χ4v) is 3.67. The molecule has 2 unspecified atom stereocenters. The van der Waals surface area contributed by atoms with Crippen molar-refractivity contribution in [1.82, 2.24) is 0 Å². The van der Waals surface area contributed by atoms with Gasteiger partial charge < -0.3 is 15.3 Å². The Morgan fingerprint density at radius 1 is 0.792 bits per heavy atom. The normalized spacial score (nSPS) is 15.4. The Morgan fingerprint density at radius 3 is 1.54 bits per heavy atom. The molecule has 0 saturated heterocycles. The summed E-state index contributed by atoms with van der Waals surface area (Å²) in [6.07, 6.45) is 18.5. The quantitative estimate of drug-likeness (QED) is 0.217. The predicted molar refractivity (Wildman–Crippen MR) is 105 cm³/mol. The first-order valence-electron chi connectivity index (χ1n) is 9.96. The number of aliphatic hydroxyl groups excluding tert-OH is 2. The SMILES string of the molecule is CCCCCCCCCCCCCCCCSC(O)C(N)(O)CO. The van der Waals surface area contributed by atoms with E-state index >= 15 is 0 Å². The van der Waals surface area contributed by atoms with Gasteiger partial charge in [-0.05, 0) is 12.2 Å². The van der Waals surface area contributed by atoms with Crippen LogP contribution in [0.4, 0.5) is 0 Å². The molecule has 0 aliphatic heterocycles. The highest BCUT2D eigenvalue weighted by atomic mass is 32.2. The lowest BCUT2D eigenvalue weighted by Gasteiger charge is -2.25. The summed E-state index contributed by atoms with van der Waals surface area (Å²) < 4.78 is 0. The zero-order chi connectivity index (χ0) is 18.1. The lowest BCUT2D eigenvalue weighted by atomic mass is 10.0. The minimum absolute atomic E-state index is 0.625. The summed E-state index contributed by atoms with van der Waals surface area (Å²) in [5.41, 5.74) is 2.35. The molecule has 0 aromatic carbocycles. The summed E-state index contributed by atoms with van der Waals surface area (Å²) in [6, 6.07) is 0. The van der Waals surface area contributed by atoms with Crippen LogP contribution in [-0.4, -0.2) is 38.8 Å². The van der Waals surface area contributed by atoms with Crippen LogP contribution in [-0.2, 0) is 0 Å². The standard InChI is InChI=1S/C19H41NO3S/c1-2-3-4-5-6-7-8-9-10-11-12-13-14-15-16-24-18(22)19(20,23)17-21/h18,21-23H,2-17,20H2,1H3. The molecule has 146 valence electrons. The summed E-state index contributed by atoms with van der Waals surface area (Å²) in [5.74, 6) is 0.763. The van der Waals surface area contributed by atoms with Crippen molar-refractivity contribution in [2.75, 3.05) is 12.4 Å². The van der Waals surface area contributed by atoms with Crippen LogP contribution in [0.1, 0.15) is 96.8 Å². The molecule has 0 spiro atoms. The summed E-state index contributed by atoms with van der Waals surface area (Å²) >= 11 is 1.21. The average Bonchev–Trinajstić information content (AvgIpc) is 2.58. The van der Waals surface area contributed by atoms with Crippen molar-refractivity contribution in [3.63, 3.8) is 0 Å².